The van der Waals surface area contributed by atoms with Gasteiger partial charge in [0.2, 0.25) is 5.91 Å². The van der Waals surface area contributed by atoms with E-state index in [1.807, 2.05) is 0 Å². The molecule has 6 nitrogen and oxygen atoms in total. The summed E-state index contributed by atoms with van der Waals surface area (Å²) in [5.41, 5.74) is 0.603. The Morgan fingerprint density at radius 1 is 1.50 bits per heavy atom. The van der Waals surface area contributed by atoms with Crippen LogP contribution in [0.3, 0.4) is 0 Å². The fraction of sp³-hybridized carbons (Fsp3) is 0.143. The second kappa shape index (κ2) is 6.53. The standard InChI is InChI=1S/C14H14N2O4/c17-11-6-10(7-15-8-11)3-4-14(19)16-9-12(18)13-2-1-5-20-13/h1-8,12,17-18H,9H2,(H,16,19)/b4-3+. The molecule has 3 N–H and O–H groups in total. The number of nitrogens with zero attached hydrogens (tertiary/aromatic N) is 1. The second-order valence-electron chi connectivity index (χ2n) is 4.09. The highest BCUT2D eigenvalue weighted by molar-refractivity contribution is 5.91. The highest BCUT2D eigenvalue weighted by atomic mass is 16.4. The van der Waals surface area contributed by atoms with Crippen molar-refractivity contribution in [1.82, 2.24) is 10.3 Å². The number of aliphatic hydroxyl groups is 1. The minimum absolute atomic E-state index is 0.0285. The van der Waals surface area contributed by atoms with Crippen LogP contribution in [0.4, 0.5) is 0 Å². The van der Waals surface area contributed by atoms with Crippen molar-refractivity contribution in [2.24, 2.45) is 0 Å². The molecule has 2 rings (SSSR count). The van der Waals surface area contributed by atoms with E-state index < -0.39 is 6.10 Å². The lowest BCUT2D eigenvalue weighted by atomic mass is 10.2. The summed E-state index contributed by atoms with van der Waals surface area (Å²) in [4.78, 5) is 15.3. The van der Waals surface area contributed by atoms with Crippen LogP contribution < -0.4 is 5.32 Å². The first-order valence-corrected chi connectivity index (χ1v) is 5.96. The zero-order chi connectivity index (χ0) is 14.4. The second-order valence-corrected chi connectivity index (χ2v) is 4.09. The van der Waals surface area contributed by atoms with Crippen LogP contribution in [0.1, 0.15) is 17.4 Å². The highest BCUT2D eigenvalue weighted by Crippen LogP contribution is 2.12. The molecule has 0 bridgehead atoms. The number of amides is 1. The van der Waals surface area contributed by atoms with Crippen molar-refractivity contribution in [3.8, 4) is 5.75 Å². The smallest absolute Gasteiger partial charge is 0.244 e. The van der Waals surface area contributed by atoms with Crippen LogP contribution in [-0.2, 0) is 4.79 Å². The van der Waals surface area contributed by atoms with Gasteiger partial charge in [-0.05, 0) is 29.8 Å². The van der Waals surface area contributed by atoms with Crippen molar-refractivity contribution >= 4 is 12.0 Å². The summed E-state index contributed by atoms with van der Waals surface area (Å²) in [5, 5.41) is 21.5. The molecule has 2 heterocycles. The predicted molar refractivity (Wildman–Crippen MR) is 71.6 cm³/mol. The molecule has 0 saturated carbocycles. The number of hydrogen-bond donors (Lipinski definition) is 3. The Bertz CT molecular complexity index is 593. The number of furan rings is 1. The molecule has 0 aliphatic carbocycles. The van der Waals surface area contributed by atoms with Gasteiger partial charge < -0.3 is 19.9 Å². The summed E-state index contributed by atoms with van der Waals surface area (Å²) < 4.78 is 5.01. The normalized spacial score (nSPS) is 12.4. The zero-order valence-electron chi connectivity index (χ0n) is 10.6. The van der Waals surface area contributed by atoms with Crippen LogP contribution in [0, 0.1) is 0 Å². The third kappa shape index (κ3) is 3.96. The molecular formula is C14H14N2O4. The molecule has 104 valence electrons. The van der Waals surface area contributed by atoms with Gasteiger partial charge in [-0.3, -0.25) is 9.78 Å². The van der Waals surface area contributed by atoms with Gasteiger partial charge in [0.15, 0.2) is 0 Å². The van der Waals surface area contributed by atoms with Crippen molar-refractivity contribution in [2.45, 2.75) is 6.10 Å². The number of aromatic hydroxyl groups is 1. The van der Waals surface area contributed by atoms with Crippen LogP contribution in [0.2, 0.25) is 0 Å². The molecule has 1 unspecified atom stereocenters. The molecule has 0 radical (unpaired) electrons. The summed E-state index contributed by atoms with van der Waals surface area (Å²) in [5.74, 6) is 0.0613. The minimum atomic E-state index is -0.884. The molecule has 0 fully saturated rings. The number of rotatable bonds is 5. The summed E-state index contributed by atoms with van der Waals surface area (Å²) >= 11 is 0. The van der Waals surface area contributed by atoms with E-state index >= 15 is 0 Å². The van der Waals surface area contributed by atoms with Crippen molar-refractivity contribution in [2.75, 3.05) is 6.54 Å². The van der Waals surface area contributed by atoms with Gasteiger partial charge >= 0.3 is 0 Å². The van der Waals surface area contributed by atoms with E-state index in [0.29, 0.717) is 11.3 Å². The average Bonchev–Trinajstić information content (AvgIpc) is 2.97. The van der Waals surface area contributed by atoms with E-state index in [9.17, 15) is 15.0 Å². The molecule has 6 heteroatoms. The largest absolute Gasteiger partial charge is 0.506 e. The number of hydrogen-bond acceptors (Lipinski definition) is 5. The van der Waals surface area contributed by atoms with Crippen molar-refractivity contribution in [1.29, 1.82) is 0 Å². The molecule has 2 aromatic rings. The highest BCUT2D eigenvalue weighted by Gasteiger charge is 2.10. The predicted octanol–water partition coefficient (Wildman–Crippen LogP) is 1.24. The van der Waals surface area contributed by atoms with Gasteiger partial charge in [0.1, 0.15) is 17.6 Å². The van der Waals surface area contributed by atoms with E-state index in [4.69, 9.17) is 4.42 Å². The first-order valence-electron chi connectivity index (χ1n) is 5.96. The van der Waals surface area contributed by atoms with Crippen LogP contribution in [0.5, 0.6) is 5.75 Å². The Hall–Kier alpha value is -2.60. The van der Waals surface area contributed by atoms with Crippen LogP contribution in [-0.4, -0.2) is 27.6 Å². The quantitative estimate of drug-likeness (QED) is 0.713. The molecule has 0 saturated heterocycles. The maximum Gasteiger partial charge on any atom is 0.244 e. The molecule has 1 amide bonds. The maximum absolute atomic E-state index is 11.6. The van der Waals surface area contributed by atoms with E-state index in [0.717, 1.165) is 0 Å². The fourth-order valence-electron chi connectivity index (χ4n) is 1.55. The molecule has 0 spiro atoms. The third-order valence-electron chi connectivity index (χ3n) is 2.51. The third-order valence-corrected chi connectivity index (χ3v) is 2.51. The molecule has 20 heavy (non-hydrogen) atoms. The van der Waals surface area contributed by atoms with Crippen LogP contribution in [0.15, 0.2) is 47.3 Å². The summed E-state index contributed by atoms with van der Waals surface area (Å²) in [6.45, 7) is 0.0506. The van der Waals surface area contributed by atoms with E-state index in [2.05, 4.69) is 10.3 Å². The Morgan fingerprint density at radius 2 is 2.35 bits per heavy atom. The Kier molecular flexibility index (Phi) is 4.52. The SMILES string of the molecule is O=C(/C=C/c1cncc(O)c1)NCC(O)c1ccco1. The topological polar surface area (TPSA) is 95.6 Å². The molecule has 2 aromatic heterocycles. The van der Waals surface area contributed by atoms with E-state index in [1.165, 1.54) is 36.9 Å². The number of carbonyl (C=O) groups excluding carboxylic acids is 1. The van der Waals surface area contributed by atoms with Gasteiger partial charge in [-0.2, -0.15) is 0 Å². The first kappa shape index (κ1) is 13.8. The van der Waals surface area contributed by atoms with Gasteiger partial charge in [-0.15, -0.1) is 0 Å². The van der Waals surface area contributed by atoms with Gasteiger partial charge in [0.25, 0.3) is 0 Å². The molecular weight excluding hydrogens is 260 g/mol. The van der Waals surface area contributed by atoms with Gasteiger partial charge in [0.05, 0.1) is 19.0 Å². The summed E-state index contributed by atoms with van der Waals surface area (Å²) in [7, 11) is 0. The Morgan fingerprint density at radius 3 is 3.05 bits per heavy atom. The number of aliphatic hydroxyl groups excluding tert-OH is 1. The zero-order valence-corrected chi connectivity index (χ0v) is 10.6. The van der Waals surface area contributed by atoms with Crippen molar-refractivity contribution in [3.63, 3.8) is 0 Å². The van der Waals surface area contributed by atoms with Crippen molar-refractivity contribution < 1.29 is 19.4 Å². The van der Waals surface area contributed by atoms with Gasteiger partial charge in [-0.1, -0.05) is 0 Å². The monoisotopic (exact) mass is 274 g/mol. The minimum Gasteiger partial charge on any atom is -0.506 e. The molecule has 1 atom stereocenters. The average molecular weight is 274 g/mol. The Labute approximate surface area is 115 Å². The van der Waals surface area contributed by atoms with Crippen LogP contribution >= 0.6 is 0 Å². The van der Waals surface area contributed by atoms with Crippen LogP contribution in [0.25, 0.3) is 6.08 Å². The van der Waals surface area contributed by atoms with Gasteiger partial charge in [-0.25, -0.2) is 0 Å². The lowest BCUT2D eigenvalue weighted by Gasteiger charge is -2.07. The number of aromatic nitrogens is 1. The molecule has 0 aromatic carbocycles. The maximum atomic E-state index is 11.6. The summed E-state index contributed by atoms with van der Waals surface area (Å²) in [6.07, 6.45) is 6.20. The van der Waals surface area contributed by atoms with Crippen molar-refractivity contribution in [3.05, 3.63) is 54.3 Å². The number of nitrogens with one attached hydrogen (secondary N) is 1. The van der Waals surface area contributed by atoms with E-state index in [1.54, 1.807) is 12.1 Å². The fourth-order valence-corrected chi connectivity index (χ4v) is 1.55. The number of carbonyl (C=O) groups is 1. The molecule has 0 aliphatic rings. The number of pyridine rings is 1. The lowest BCUT2D eigenvalue weighted by molar-refractivity contribution is -0.116. The Balaban J connectivity index is 1.83. The lowest BCUT2D eigenvalue weighted by Crippen LogP contribution is -2.26. The van der Waals surface area contributed by atoms with Gasteiger partial charge in [0, 0.05) is 12.3 Å². The van der Waals surface area contributed by atoms with E-state index in [-0.39, 0.29) is 18.2 Å². The first-order chi connectivity index (χ1) is 9.65. The molecule has 0 aliphatic heterocycles. The summed E-state index contributed by atoms with van der Waals surface area (Å²) in [6, 6.07) is 4.77.